The molecule has 1 unspecified atom stereocenters. The number of amides is 1. The first-order valence-electron chi connectivity index (χ1n) is 11.1. The number of nitrogens with two attached hydrogens (primary N) is 1. The Kier molecular flexibility index (Phi) is 5.77. The average Bonchev–Trinajstić information content (AvgIpc) is 3.48. The smallest absolute Gasteiger partial charge is 0.321 e. The monoisotopic (exact) mass is 471 g/mol. The van der Waals surface area contributed by atoms with Crippen LogP contribution in [0.3, 0.4) is 0 Å². The van der Waals surface area contributed by atoms with Crippen molar-refractivity contribution >= 4 is 22.8 Å². The molecule has 4 heterocycles. The van der Waals surface area contributed by atoms with Gasteiger partial charge in [0.1, 0.15) is 17.8 Å². The topological polar surface area (TPSA) is 121 Å². The van der Waals surface area contributed by atoms with E-state index in [4.69, 9.17) is 15.2 Å². The van der Waals surface area contributed by atoms with Gasteiger partial charge >= 0.3 is 6.01 Å². The minimum absolute atomic E-state index is 0.0709. The maximum absolute atomic E-state index is 12.2. The number of nitrogens with zero attached hydrogens (tertiary/aromatic N) is 6. The summed E-state index contributed by atoms with van der Waals surface area (Å²) < 4.78 is 13.5. The van der Waals surface area contributed by atoms with E-state index in [1.54, 1.807) is 25.6 Å². The van der Waals surface area contributed by atoms with Gasteiger partial charge in [-0.15, -0.1) is 0 Å². The first kappa shape index (κ1) is 22.3. The highest BCUT2D eigenvalue weighted by Gasteiger charge is 2.32. The number of carbonyl (C=O) groups excluding carboxylic acids is 1. The Morgan fingerprint density at radius 1 is 1.20 bits per heavy atom. The van der Waals surface area contributed by atoms with Gasteiger partial charge in [-0.2, -0.15) is 0 Å². The third-order valence-corrected chi connectivity index (χ3v) is 6.30. The van der Waals surface area contributed by atoms with Gasteiger partial charge in [-0.05, 0) is 36.3 Å². The summed E-state index contributed by atoms with van der Waals surface area (Å²) in [5.41, 5.74) is 9.92. The Balaban J connectivity index is 1.64. The summed E-state index contributed by atoms with van der Waals surface area (Å²) in [4.78, 5) is 31.0. The normalized spacial score (nSPS) is 15.4. The van der Waals surface area contributed by atoms with E-state index >= 15 is 0 Å². The highest BCUT2D eigenvalue weighted by atomic mass is 16.5. The average molecular weight is 472 g/mol. The largest absolute Gasteiger partial charge is 0.493 e. The number of fused-ring (bicyclic) bond motifs is 1. The molecule has 0 bridgehead atoms. The van der Waals surface area contributed by atoms with Crippen molar-refractivity contribution in [2.75, 3.05) is 25.9 Å². The fourth-order valence-corrected chi connectivity index (χ4v) is 4.72. The first-order valence-corrected chi connectivity index (χ1v) is 11.1. The third-order valence-electron chi connectivity index (χ3n) is 6.30. The number of ether oxygens (including phenoxy) is 2. The molecule has 3 aromatic heterocycles. The van der Waals surface area contributed by atoms with Crippen molar-refractivity contribution in [2.24, 2.45) is 7.05 Å². The number of likely N-dealkylation sites (tertiary alicyclic amines) is 1. The summed E-state index contributed by atoms with van der Waals surface area (Å²) >= 11 is 0. The van der Waals surface area contributed by atoms with Crippen LogP contribution in [0.25, 0.3) is 22.2 Å². The highest BCUT2D eigenvalue weighted by Crippen LogP contribution is 2.44. The number of aryl methyl sites for hydroxylation is 1. The van der Waals surface area contributed by atoms with Crippen LogP contribution in [0.2, 0.25) is 0 Å². The Morgan fingerprint density at radius 2 is 2.00 bits per heavy atom. The molecule has 0 saturated carbocycles. The Labute approximate surface area is 202 Å². The maximum atomic E-state index is 12.2. The molecule has 1 amide bonds. The van der Waals surface area contributed by atoms with Crippen LogP contribution in [0.15, 0.2) is 55.6 Å². The zero-order valence-corrected chi connectivity index (χ0v) is 19.5. The van der Waals surface area contributed by atoms with E-state index in [0.29, 0.717) is 30.4 Å². The van der Waals surface area contributed by atoms with Gasteiger partial charge in [0.05, 0.1) is 12.5 Å². The lowest BCUT2D eigenvalue weighted by Gasteiger charge is -2.17. The fraction of sp³-hybridized carbons (Fsp3) is 0.240. The van der Waals surface area contributed by atoms with Crippen molar-refractivity contribution in [3.05, 3.63) is 61.3 Å². The Morgan fingerprint density at radius 3 is 2.74 bits per heavy atom. The molecule has 4 aromatic rings. The van der Waals surface area contributed by atoms with Crippen LogP contribution in [0.4, 0.5) is 5.82 Å². The standard InChI is InChI=1S/C25H25N7O3/c1-4-19(33)32-11-8-16(13-32)22-20(21-23(26)29-14-30-24(21)31(22)2)15-6-7-17(18(12-15)34-3)35-25-27-9-5-10-28-25/h4-7,9-10,12,14,16H,1,8,11,13H2,2-3H3,(H2,26,29,30). The lowest BCUT2D eigenvalue weighted by Crippen LogP contribution is -2.26. The second-order valence-corrected chi connectivity index (χ2v) is 8.25. The van der Waals surface area contributed by atoms with Gasteiger partial charge in [-0.1, -0.05) is 12.6 Å². The van der Waals surface area contributed by atoms with Crippen molar-refractivity contribution in [3.63, 3.8) is 0 Å². The van der Waals surface area contributed by atoms with Crippen LogP contribution in [-0.4, -0.2) is 55.5 Å². The third kappa shape index (κ3) is 3.92. The van der Waals surface area contributed by atoms with Gasteiger partial charge in [0.25, 0.3) is 0 Å². The maximum Gasteiger partial charge on any atom is 0.321 e. The van der Waals surface area contributed by atoms with E-state index < -0.39 is 0 Å². The molecule has 10 heteroatoms. The number of aromatic nitrogens is 5. The van der Waals surface area contributed by atoms with Crippen molar-refractivity contribution in [1.29, 1.82) is 0 Å². The number of carbonyl (C=O) groups is 1. The molecular weight excluding hydrogens is 446 g/mol. The van der Waals surface area contributed by atoms with Crippen LogP contribution < -0.4 is 15.2 Å². The number of nitrogen functional groups attached to an aromatic ring is 1. The summed E-state index contributed by atoms with van der Waals surface area (Å²) in [6, 6.07) is 7.58. The van der Waals surface area contributed by atoms with Crippen molar-refractivity contribution in [3.8, 4) is 28.6 Å². The number of anilines is 1. The van der Waals surface area contributed by atoms with Gasteiger partial charge in [-0.25, -0.2) is 19.9 Å². The molecule has 0 aliphatic carbocycles. The molecule has 35 heavy (non-hydrogen) atoms. The summed E-state index contributed by atoms with van der Waals surface area (Å²) in [6.07, 6.45) is 6.85. The molecule has 1 aliphatic rings. The second kappa shape index (κ2) is 9.05. The van der Waals surface area contributed by atoms with E-state index in [1.165, 1.54) is 12.4 Å². The number of benzene rings is 1. The van der Waals surface area contributed by atoms with Crippen LogP contribution >= 0.6 is 0 Å². The van der Waals surface area contributed by atoms with Gasteiger partial charge in [0, 0.05) is 49.7 Å². The van der Waals surface area contributed by atoms with Crippen LogP contribution in [0.5, 0.6) is 17.5 Å². The molecule has 1 fully saturated rings. The highest BCUT2D eigenvalue weighted by molar-refractivity contribution is 6.03. The summed E-state index contributed by atoms with van der Waals surface area (Å²) in [7, 11) is 3.54. The SMILES string of the molecule is C=CC(=O)N1CCC(c2c(-c3ccc(Oc4ncccn4)c(OC)c3)c3c(N)ncnc3n2C)C1. The van der Waals surface area contributed by atoms with Crippen LogP contribution in [0.1, 0.15) is 18.0 Å². The zero-order chi connectivity index (χ0) is 24.5. The van der Waals surface area contributed by atoms with Crippen molar-refractivity contribution in [1.82, 2.24) is 29.4 Å². The molecular formula is C25H25N7O3. The predicted octanol–water partition coefficient (Wildman–Crippen LogP) is 3.31. The summed E-state index contributed by atoms with van der Waals surface area (Å²) in [5, 5.41) is 0.764. The van der Waals surface area contributed by atoms with Crippen LogP contribution in [0, 0.1) is 0 Å². The Hall–Kier alpha value is -4.47. The second-order valence-electron chi connectivity index (χ2n) is 8.25. The van der Waals surface area contributed by atoms with Gasteiger partial charge in [-0.3, -0.25) is 4.79 Å². The molecule has 178 valence electrons. The first-order chi connectivity index (χ1) is 17.0. The lowest BCUT2D eigenvalue weighted by molar-refractivity contribution is -0.125. The number of methoxy groups -OCH3 is 1. The van der Waals surface area contributed by atoms with E-state index in [-0.39, 0.29) is 17.8 Å². The van der Waals surface area contributed by atoms with E-state index in [9.17, 15) is 4.79 Å². The van der Waals surface area contributed by atoms with E-state index in [2.05, 4.69) is 26.5 Å². The van der Waals surface area contributed by atoms with E-state index in [0.717, 1.165) is 34.3 Å². The van der Waals surface area contributed by atoms with E-state index in [1.807, 2.05) is 34.7 Å². The molecule has 0 spiro atoms. The van der Waals surface area contributed by atoms with Gasteiger partial charge in [0.15, 0.2) is 11.5 Å². The molecule has 2 N–H and O–H groups in total. The van der Waals surface area contributed by atoms with Gasteiger partial charge in [0.2, 0.25) is 5.91 Å². The van der Waals surface area contributed by atoms with Crippen molar-refractivity contribution < 1.29 is 14.3 Å². The molecule has 1 aliphatic heterocycles. The molecule has 1 aromatic carbocycles. The Bertz CT molecular complexity index is 1420. The minimum atomic E-state index is -0.0709. The summed E-state index contributed by atoms with van der Waals surface area (Å²) in [5.74, 6) is 1.41. The lowest BCUT2D eigenvalue weighted by atomic mass is 9.94. The van der Waals surface area contributed by atoms with Crippen molar-refractivity contribution in [2.45, 2.75) is 12.3 Å². The number of rotatable bonds is 6. The quantitative estimate of drug-likeness (QED) is 0.425. The zero-order valence-electron chi connectivity index (χ0n) is 19.5. The summed E-state index contributed by atoms with van der Waals surface area (Å²) in [6.45, 7) is 4.86. The molecule has 0 radical (unpaired) electrons. The van der Waals surface area contributed by atoms with Crippen LogP contribution in [-0.2, 0) is 11.8 Å². The fourth-order valence-electron chi connectivity index (χ4n) is 4.72. The van der Waals surface area contributed by atoms with Gasteiger partial charge < -0.3 is 24.7 Å². The molecule has 1 saturated heterocycles. The molecule has 5 rings (SSSR count). The number of hydrogen-bond donors (Lipinski definition) is 1. The minimum Gasteiger partial charge on any atom is -0.493 e. The predicted molar refractivity (Wildman–Crippen MR) is 131 cm³/mol. The number of hydrogen-bond acceptors (Lipinski definition) is 8. The molecule has 10 nitrogen and oxygen atoms in total. The molecule has 1 atom stereocenters.